The Bertz CT molecular complexity index is 867. The Hall–Kier alpha value is -2.37. The van der Waals surface area contributed by atoms with Gasteiger partial charge in [0.15, 0.2) is 0 Å². The first kappa shape index (κ1) is 19.6. The first-order chi connectivity index (χ1) is 14.7. The molecule has 158 valence electrons. The summed E-state index contributed by atoms with van der Waals surface area (Å²) in [7, 11) is 2.16. The number of piperazine rings is 1. The Morgan fingerprint density at radius 3 is 2.33 bits per heavy atom. The zero-order valence-electron chi connectivity index (χ0n) is 17.8. The van der Waals surface area contributed by atoms with Gasteiger partial charge in [-0.15, -0.1) is 0 Å². The van der Waals surface area contributed by atoms with Gasteiger partial charge in [0.2, 0.25) is 0 Å². The van der Waals surface area contributed by atoms with Crippen molar-refractivity contribution in [2.75, 3.05) is 50.0 Å². The second-order valence-electron chi connectivity index (χ2n) is 9.21. The normalized spacial score (nSPS) is 24.0. The zero-order chi connectivity index (χ0) is 20.5. The topological polar surface area (TPSA) is 47.6 Å². The fourth-order valence-electron chi connectivity index (χ4n) is 4.33. The van der Waals surface area contributed by atoms with E-state index in [2.05, 4.69) is 51.7 Å². The van der Waals surface area contributed by atoms with Crippen LogP contribution < -0.4 is 15.5 Å². The predicted octanol–water partition coefficient (Wildman–Crippen LogP) is 3.55. The molecule has 1 aliphatic heterocycles. The van der Waals surface area contributed by atoms with Gasteiger partial charge >= 0.3 is 0 Å². The van der Waals surface area contributed by atoms with Crippen LogP contribution in [0.1, 0.15) is 41.1 Å². The second kappa shape index (κ2) is 8.40. The van der Waals surface area contributed by atoms with Crippen LogP contribution in [0.2, 0.25) is 0 Å². The van der Waals surface area contributed by atoms with E-state index in [-0.39, 0.29) is 5.91 Å². The van der Waals surface area contributed by atoms with Gasteiger partial charge in [-0.3, -0.25) is 4.79 Å². The van der Waals surface area contributed by atoms with Crippen molar-refractivity contribution in [3.8, 4) is 0 Å². The first-order valence-corrected chi connectivity index (χ1v) is 11.3. The summed E-state index contributed by atoms with van der Waals surface area (Å²) in [4.78, 5) is 17.4. The molecular formula is C25H32N4O. The molecule has 3 aliphatic rings. The number of likely N-dealkylation sites (N-methyl/N-ethyl adjacent to an activating group) is 1. The summed E-state index contributed by atoms with van der Waals surface area (Å²) in [6, 6.07) is 17.0. The van der Waals surface area contributed by atoms with Crippen molar-refractivity contribution in [1.29, 1.82) is 0 Å². The van der Waals surface area contributed by atoms with Crippen LogP contribution in [0.3, 0.4) is 0 Å². The maximum atomic E-state index is 12.6. The van der Waals surface area contributed by atoms with E-state index in [0.717, 1.165) is 37.8 Å². The number of benzene rings is 2. The number of nitrogens with one attached hydrogen (secondary N) is 2. The lowest BCUT2D eigenvalue weighted by molar-refractivity contribution is 0.102. The SMILES string of the molecule is CN1CCN(c2ccc(C(=O)Nc3ccc([C@@H]4C[C@H]4NCC4CC4)cc3)cc2)CC1. The van der Waals surface area contributed by atoms with Gasteiger partial charge in [-0.05, 0) is 80.7 Å². The molecule has 2 atom stereocenters. The van der Waals surface area contributed by atoms with Crippen LogP contribution in [0.5, 0.6) is 0 Å². The molecule has 30 heavy (non-hydrogen) atoms. The van der Waals surface area contributed by atoms with Crippen molar-refractivity contribution in [3.63, 3.8) is 0 Å². The number of carbonyl (C=O) groups excluding carboxylic acids is 1. The number of rotatable bonds is 7. The number of carbonyl (C=O) groups is 1. The third-order valence-electron chi connectivity index (χ3n) is 6.75. The fraction of sp³-hybridized carbons (Fsp3) is 0.480. The van der Waals surface area contributed by atoms with E-state index in [1.807, 2.05) is 24.3 Å². The molecule has 5 heteroatoms. The predicted molar refractivity (Wildman–Crippen MR) is 122 cm³/mol. The Balaban J connectivity index is 1.13. The van der Waals surface area contributed by atoms with Crippen LogP contribution in [0.25, 0.3) is 0 Å². The van der Waals surface area contributed by atoms with Crippen molar-refractivity contribution in [1.82, 2.24) is 10.2 Å². The Labute approximate surface area is 179 Å². The molecule has 0 aromatic heterocycles. The van der Waals surface area contributed by atoms with Crippen LogP contribution in [0.15, 0.2) is 48.5 Å². The molecule has 1 saturated heterocycles. The van der Waals surface area contributed by atoms with E-state index in [0.29, 0.717) is 17.5 Å². The number of hydrogen-bond acceptors (Lipinski definition) is 4. The van der Waals surface area contributed by atoms with Gasteiger partial charge in [-0.1, -0.05) is 12.1 Å². The van der Waals surface area contributed by atoms with Gasteiger partial charge in [0, 0.05) is 55.1 Å². The van der Waals surface area contributed by atoms with Gasteiger partial charge in [0.05, 0.1) is 0 Å². The highest BCUT2D eigenvalue weighted by atomic mass is 16.1. The number of amides is 1. The Morgan fingerprint density at radius 1 is 0.967 bits per heavy atom. The summed E-state index contributed by atoms with van der Waals surface area (Å²) in [5.41, 5.74) is 4.12. The summed E-state index contributed by atoms with van der Waals surface area (Å²) < 4.78 is 0. The Morgan fingerprint density at radius 2 is 1.67 bits per heavy atom. The maximum Gasteiger partial charge on any atom is 0.255 e. The van der Waals surface area contributed by atoms with Crippen LogP contribution in [0.4, 0.5) is 11.4 Å². The van der Waals surface area contributed by atoms with Crippen molar-refractivity contribution < 1.29 is 4.79 Å². The van der Waals surface area contributed by atoms with E-state index < -0.39 is 0 Å². The molecule has 3 fully saturated rings. The monoisotopic (exact) mass is 404 g/mol. The molecular weight excluding hydrogens is 372 g/mol. The van der Waals surface area contributed by atoms with Crippen LogP contribution in [-0.4, -0.2) is 56.6 Å². The van der Waals surface area contributed by atoms with Gasteiger partial charge in [-0.25, -0.2) is 0 Å². The lowest BCUT2D eigenvalue weighted by Crippen LogP contribution is -2.44. The second-order valence-corrected chi connectivity index (χ2v) is 9.21. The average Bonchev–Trinajstić information content (AvgIpc) is 3.69. The number of nitrogens with zero attached hydrogens (tertiary/aromatic N) is 2. The molecule has 1 heterocycles. The van der Waals surface area contributed by atoms with E-state index >= 15 is 0 Å². The third-order valence-corrected chi connectivity index (χ3v) is 6.75. The van der Waals surface area contributed by atoms with E-state index in [1.165, 1.54) is 37.1 Å². The maximum absolute atomic E-state index is 12.6. The van der Waals surface area contributed by atoms with Gasteiger partial charge in [0.1, 0.15) is 0 Å². The molecule has 1 amide bonds. The summed E-state index contributed by atoms with van der Waals surface area (Å²) in [5, 5.41) is 6.72. The molecule has 0 radical (unpaired) electrons. The first-order valence-electron chi connectivity index (χ1n) is 11.3. The molecule has 2 N–H and O–H groups in total. The molecule has 2 saturated carbocycles. The highest BCUT2D eigenvalue weighted by Gasteiger charge is 2.38. The molecule has 2 aromatic carbocycles. The van der Waals surface area contributed by atoms with E-state index in [4.69, 9.17) is 0 Å². The van der Waals surface area contributed by atoms with Crippen LogP contribution >= 0.6 is 0 Å². The molecule has 2 aromatic rings. The molecule has 0 bridgehead atoms. The number of anilines is 2. The Kier molecular flexibility index (Phi) is 5.48. The minimum absolute atomic E-state index is 0.0527. The van der Waals surface area contributed by atoms with Crippen molar-refractivity contribution in [2.45, 2.75) is 31.2 Å². The third kappa shape index (κ3) is 4.68. The van der Waals surface area contributed by atoms with Gasteiger partial charge < -0.3 is 20.4 Å². The lowest BCUT2D eigenvalue weighted by Gasteiger charge is -2.34. The minimum Gasteiger partial charge on any atom is -0.369 e. The quantitative estimate of drug-likeness (QED) is 0.741. The highest BCUT2D eigenvalue weighted by molar-refractivity contribution is 6.04. The molecule has 0 unspecified atom stereocenters. The average molecular weight is 405 g/mol. The van der Waals surface area contributed by atoms with Crippen molar-refractivity contribution in [2.24, 2.45) is 5.92 Å². The minimum atomic E-state index is -0.0527. The molecule has 5 rings (SSSR count). The summed E-state index contributed by atoms with van der Waals surface area (Å²) in [6.07, 6.45) is 4.03. The zero-order valence-corrected chi connectivity index (χ0v) is 17.8. The fourth-order valence-corrected chi connectivity index (χ4v) is 4.33. The molecule has 2 aliphatic carbocycles. The standard InChI is InChI=1S/C25H32N4O/c1-28-12-14-29(15-13-28)22-10-6-20(7-11-22)25(30)27-21-8-4-19(5-9-21)23-16-24(23)26-17-18-2-3-18/h4-11,18,23-24,26H,2-3,12-17H2,1H3,(H,27,30)/t23-,24+/m0/s1. The smallest absolute Gasteiger partial charge is 0.255 e. The van der Waals surface area contributed by atoms with E-state index in [9.17, 15) is 4.79 Å². The van der Waals surface area contributed by atoms with E-state index in [1.54, 1.807) is 0 Å². The summed E-state index contributed by atoms with van der Waals surface area (Å²) >= 11 is 0. The van der Waals surface area contributed by atoms with Gasteiger partial charge in [-0.2, -0.15) is 0 Å². The lowest BCUT2D eigenvalue weighted by atomic mass is 10.1. The van der Waals surface area contributed by atoms with Crippen molar-refractivity contribution >= 4 is 17.3 Å². The molecule has 5 nitrogen and oxygen atoms in total. The van der Waals surface area contributed by atoms with Gasteiger partial charge in [0.25, 0.3) is 5.91 Å². The number of hydrogen-bond donors (Lipinski definition) is 2. The van der Waals surface area contributed by atoms with Crippen LogP contribution in [-0.2, 0) is 0 Å². The molecule has 0 spiro atoms. The summed E-state index contributed by atoms with van der Waals surface area (Å²) in [6.45, 7) is 5.41. The van der Waals surface area contributed by atoms with Crippen LogP contribution in [0, 0.1) is 5.92 Å². The highest BCUT2D eigenvalue weighted by Crippen LogP contribution is 2.41. The van der Waals surface area contributed by atoms with Crippen molar-refractivity contribution in [3.05, 3.63) is 59.7 Å². The largest absolute Gasteiger partial charge is 0.369 e. The summed E-state index contributed by atoms with van der Waals surface area (Å²) in [5.74, 6) is 1.51.